The molecule has 0 saturated heterocycles. The summed E-state index contributed by atoms with van der Waals surface area (Å²) in [6.07, 6.45) is 1.47. The normalized spacial score (nSPS) is 19.6. The van der Waals surface area contributed by atoms with Gasteiger partial charge in [-0.3, -0.25) is 4.79 Å². The fourth-order valence-corrected chi connectivity index (χ4v) is 2.36. The summed E-state index contributed by atoms with van der Waals surface area (Å²) in [6, 6.07) is 8.08. The number of aliphatic hydroxyl groups is 1. The molecule has 0 spiro atoms. The van der Waals surface area contributed by atoms with Crippen molar-refractivity contribution in [3.8, 4) is 0 Å². The van der Waals surface area contributed by atoms with Crippen molar-refractivity contribution in [2.45, 2.75) is 32.4 Å². The lowest BCUT2D eigenvalue weighted by Crippen LogP contribution is -2.48. The van der Waals surface area contributed by atoms with Crippen LogP contribution >= 0.6 is 0 Å². The zero-order valence-electron chi connectivity index (χ0n) is 11.4. The van der Waals surface area contributed by atoms with E-state index in [0.717, 1.165) is 19.4 Å². The maximum Gasteiger partial charge on any atom is 0.237 e. The lowest BCUT2D eigenvalue weighted by atomic mass is 9.95. The van der Waals surface area contributed by atoms with E-state index in [-0.39, 0.29) is 18.6 Å². The van der Waals surface area contributed by atoms with E-state index in [2.05, 4.69) is 22.8 Å². The number of aliphatic hydroxyl groups excluding tert-OH is 1. The lowest BCUT2D eigenvalue weighted by Gasteiger charge is -2.25. The molecule has 1 aromatic carbocycles. The molecule has 4 heteroatoms. The van der Waals surface area contributed by atoms with Crippen LogP contribution < -0.4 is 10.6 Å². The van der Waals surface area contributed by atoms with E-state index < -0.39 is 0 Å². The summed E-state index contributed by atoms with van der Waals surface area (Å²) in [7, 11) is 0. The van der Waals surface area contributed by atoms with Crippen LogP contribution in [0, 0.1) is 5.92 Å². The van der Waals surface area contributed by atoms with E-state index in [1.807, 2.05) is 19.1 Å². The van der Waals surface area contributed by atoms with E-state index in [1.54, 1.807) is 0 Å². The summed E-state index contributed by atoms with van der Waals surface area (Å²) in [5, 5.41) is 15.1. The van der Waals surface area contributed by atoms with Crippen molar-refractivity contribution in [1.82, 2.24) is 10.6 Å². The largest absolute Gasteiger partial charge is 0.396 e. The predicted molar refractivity (Wildman–Crippen MR) is 74.7 cm³/mol. The van der Waals surface area contributed by atoms with Crippen molar-refractivity contribution in [1.29, 1.82) is 0 Å². The van der Waals surface area contributed by atoms with Crippen LogP contribution in [-0.4, -0.2) is 30.2 Å². The second kappa shape index (κ2) is 6.68. The molecule has 0 fully saturated rings. The molecule has 2 atom stereocenters. The monoisotopic (exact) mass is 262 g/mol. The second-order valence-corrected chi connectivity index (χ2v) is 5.27. The quantitative estimate of drug-likeness (QED) is 0.737. The molecule has 0 radical (unpaired) electrons. The number of hydrogen-bond donors (Lipinski definition) is 3. The Morgan fingerprint density at radius 3 is 2.95 bits per heavy atom. The van der Waals surface area contributed by atoms with Gasteiger partial charge in [-0.25, -0.2) is 0 Å². The van der Waals surface area contributed by atoms with Crippen molar-refractivity contribution < 1.29 is 9.90 Å². The van der Waals surface area contributed by atoms with Gasteiger partial charge in [0.15, 0.2) is 0 Å². The topological polar surface area (TPSA) is 61.4 Å². The van der Waals surface area contributed by atoms with Gasteiger partial charge in [0, 0.05) is 19.7 Å². The summed E-state index contributed by atoms with van der Waals surface area (Å²) >= 11 is 0. The number of carbonyl (C=O) groups is 1. The van der Waals surface area contributed by atoms with Crippen molar-refractivity contribution in [2.24, 2.45) is 5.92 Å². The van der Waals surface area contributed by atoms with E-state index >= 15 is 0 Å². The van der Waals surface area contributed by atoms with Crippen LogP contribution in [0.4, 0.5) is 0 Å². The van der Waals surface area contributed by atoms with Crippen LogP contribution in [0.15, 0.2) is 24.3 Å². The average molecular weight is 262 g/mol. The van der Waals surface area contributed by atoms with Crippen molar-refractivity contribution in [3.63, 3.8) is 0 Å². The van der Waals surface area contributed by atoms with Gasteiger partial charge in [-0.05, 0) is 29.9 Å². The highest BCUT2D eigenvalue weighted by atomic mass is 16.3. The average Bonchev–Trinajstić information content (AvgIpc) is 2.44. The molecule has 0 bridgehead atoms. The number of amides is 1. The third-order valence-corrected chi connectivity index (χ3v) is 3.64. The van der Waals surface area contributed by atoms with Gasteiger partial charge in [-0.2, -0.15) is 0 Å². The Labute approximate surface area is 114 Å². The Hall–Kier alpha value is -1.39. The lowest BCUT2D eigenvalue weighted by molar-refractivity contribution is -0.123. The molecule has 0 saturated carbocycles. The Kier molecular flexibility index (Phi) is 4.93. The summed E-state index contributed by atoms with van der Waals surface area (Å²) in [4.78, 5) is 12.1. The Bertz CT molecular complexity index is 434. The fraction of sp³-hybridized carbons (Fsp3) is 0.533. The maximum absolute atomic E-state index is 12.1. The fourth-order valence-electron chi connectivity index (χ4n) is 2.36. The van der Waals surface area contributed by atoms with Crippen molar-refractivity contribution in [2.75, 3.05) is 13.2 Å². The molecule has 4 nitrogen and oxygen atoms in total. The maximum atomic E-state index is 12.1. The SMILES string of the molecule is CC(CCO)CNC(=O)C1Cc2ccccc2CN1. The molecule has 2 rings (SSSR count). The first-order valence-electron chi connectivity index (χ1n) is 6.89. The third kappa shape index (κ3) is 3.78. The number of benzene rings is 1. The van der Waals surface area contributed by atoms with E-state index in [4.69, 9.17) is 5.11 Å². The number of nitrogens with one attached hydrogen (secondary N) is 2. The number of rotatable bonds is 5. The molecular formula is C15H22N2O2. The molecule has 1 amide bonds. The number of carbonyl (C=O) groups excluding carboxylic acids is 1. The molecular weight excluding hydrogens is 240 g/mol. The predicted octanol–water partition coefficient (Wildman–Crippen LogP) is 0.836. The van der Waals surface area contributed by atoms with Crippen LogP contribution in [-0.2, 0) is 17.8 Å². The zero-order valence-corrected chi connectivity index (χ0v) is 11.4. The second-order valence-electron chi connectivity index (χ2n) is 5.27. The van der Waals surface area contributed by atoms with Gasteiger partial charge in [0.1, 0.15) is 0 Å². The highest BCUT2D eigenvalue weighted by Crippen LogP contribution is 2.16. The molecule has 0 aromatic heterocycles. The van der Waals surface area contributed by atoms with Crippen LogP contribution in [0.25, 0.3) is 0 Å². The highest BCUT2D eigenvalue weighted by Gasteiger charge is 2.23. The van der Waals surface area contributed by atoms with Crippen LogP contribution in [0.2, 0.25) is 0 Å². The number of hydrogen-bond acceptors (Lipinski definition) is 3. The highest BCUT2D eigenvalue weighted by molar-refractivity contribution is 5.82. The first-order chi connectivity index (χ1) is 9.20. The van der Waals surface area contributed by atoms with E-state index in [9.17, 15) is 4.79 Å². The summed E-state index contributed by atoms with van der Waals surface area (Å²) < 4.78 is 0. The van der Waals surface area contributed by atoms with Gasteiger partial charge in [-0.15, -0.1) is 0 Å². The van der Waals surface area contributed by atoms with Crippen LogP contribution in [0.3, 0.4) is 0 Å². The van der Waals surface area contributed by atoms with Crippen molar-refractivity contribution in [3.05, 3.63) is 35.4 Å². The first kappa shape index (κ1) is 14.0. The molecule has 2 unspecified atom stereocenters. The Morgan fingerprint density at radius 1 is 1.47 bits per heavy atom. The Morgan fingerprint density at radius 2 is 2.21 bits per heavy atom. The minimum absolute atomic E-state index is 0.0549. The molecule has 0 aliphatic carbocycles. The van der Waals surface area contributed by atoms with Gasteiger partial charge in [-0.1, -0.05) is 31.2 Å². The molecule has 3 N–H and O–H groups in total. The summed E-state index contributed by atoms with van der Waals surface area (Å²) in [5.41, 5.74) is 2.53. The summed E-state index contributed by atoms with van der Waals surface area (Å²) in [5.74, 6) is 0.365. The third-order valence-electron chi connectivity index (χ3n) is 3.64. The van der Waals surface area contributed by atoms with Gasteiger partial charge in [0.05, 0.1) is 6.04 Å². The molecule has 1 heterocycles. The van der Waals surface area contributed by atoms with Gasteiger partial charge in [0.2, 0.25) is 5.91 Å². The smallest absolute Gasteiger partial charge is 0.237 e. The molecule has 1 aliphatic heterocycles. The van der Waals surface area contributed by atoms with E-state index in [1.165, 1.54) is 11.1 Å². The minimum Gasteiger partial charge on any atom is -0.396 e. The van der Waals surface area contributed by atoms with Gasteiger partial charge in [0.25, 0.3) is 0 Å². The van der Waals surface area contributed by atoms with Crippen LogP contribution in [0.5, 0.6) is 0 Å². The molecule has 104 valence electrons. The summed E-state index contributed by atoms with van der Waals surface area (Å²) in [6.45, 7) is 3.58. The van der Waals surface area contributed by atoms with E-state index in [0.29, 0.717) is 12.5 Å². The molecule has 1 aliphatic rings. The Balaban J connectivity index is 1.85. The molecule has 19 heavy (non-hydrogen) atoms. The van der Waals surface area contributed by atoms with Gasteiger partial charge < -0.3 is 15.7 Å². The standard InChI is InChI=1S/C15H22N2O2/c1-11(6-7-18)9-17-15(19)14-8-12-4-2-3-5-13(12)10-16-14/h2-5,11,14,16,18H,6-10H2,1H3,(H,17,19). The van der Waals surface area contributed by atoms with Crippen LogP contribution in [0.1, 0.15) is 24.5 Å². The number of fused-ring (bicyclic) bond motifs is 1. The zero-order chi connectivity index (χ0) is 13.7. The first-order valence-corrected chi connectivity index (χ1v) is 6.89. The van der Waals surface area contributed by atoms with Gasteiger partial charge >= 0.3 is 0 Å². The van der Waals surface area contributed by atoms with Crippen molar-refractivity contribution >= 4 is 5.91 Å². The minimum atomic E-state index is -0.142. The molecule has 1 aromatic rings.